The van der Waals surface area contributed by atoms with Crippen LogP contribution < -0.4 is 10.1 Å². The average molecular weight is 821 g/mol. The van der Waals surface area contributed by atoms with Crippen LogP contribution in [0, 0.1) is 29.1 Å². The molecule has 2 aromatic rings. The van der Waals surface area contributed by atoms with Crippen LogP contribution in [-0.4, -0.2) is 88.7 Å². The van der Waals surface area contributed by atoms with Crippen LogP contribution in [0.1, 0.15) is 129 Å². The van der Waals surface area contributed by atoms with Gasteiger partial charge in [0.2, 0.25) is 11.7 Å². The Hall–Kier alpha value is -4.33. The lowest BCUT2D eigenvalue weighted by atomic mass is 9.74. The number of aromatic nitrogens is 2. The van der Waals surface area contributed by atoms with E-state index in [-0.39, 0.29) is 77.7 Å². The number of rotatable bonds is 20. The van der Waals surface area contributed by atoms with Crippen LogP contribution >= 0.6 is 0 Å². The van der Waals surface area contributed by atoms with Gasteiger partial charge in [0.25, 0.3) is 5.91 Å². The van der Waals surface area contributed by atoms with Gasteiger partial charge in [0, 0.05) is 49.9 Å². The number of hydrogen-bond acceptors (Lipinski definition) is 11. The number of hydrogen-bond donors (Lipinski definition) is 1. The Bertz CT molecular complexity index is 1920. The van der Waals surface area contributed by atoms with Crippen molar-refractivity contribution >= 4 is 44.8 Å². The SMILES string of the molecule is CCC[C@H](CC(=O)[C@@H]1C[C@@H](Oc2cccc(S(=O)(=O)CC)c2)CN1C(=O)[C@@H](CC(=O)[C@@H](NC(=O)c1cnccn1)C1CCCCC1)C(C)(C)C)C(=O)C(=O)CC1CC1. The number of ether oxygens (including phenoxy) is 1. The molecule has 2 heterocycles. The fourth-order valence-corrected chi connectivity index (χ4v) is 9.26. The van der Waals surface area contributed by atoms with Gasteiger partial charge in [0.1, 0.15) is 17.5 Å². The van der Waals surface area contributed by atoms with E-state index < -0.39 is 68.7 Å². The number of benzene rings is 1. The molecule has 1 N–H and O–H groups in total. The van der Waals surface area contributed by atoms with Crippen molar-refractivity contribution in [3.63, 3.8) is 0 Å². The van der Waals surface area contributed by atoms with Crippen LogP contribution in [-0.2, 0) is 33.8 Å². The topological polar surface area (TPSA) is 187 Å². The normalized spacial score (nSPS) is 20.5. The molecule has 2 aliphatic carbocycles. The summed E-state index contributed by atoms with van der Waals surface area (Å²) in [5.41, 5.74) is -0.680. The molecule has 0 unspecified atom stereocenters. The maximum absolute atomic E-state index is 14.9. The average Bonchev–Trinajstić information content (AvgIpc) is 3.93. The number of carbonyl (C=O) groups is 6. The molecule has 5 rings (SSSR count). The van der Waals surface area contributed by atoms with Crippen LogP contribution in [0.2, 0.25) is 0 Å². The van der Waals surface area contributed by atoms with Crippen LogP contribution in [0.4, 0.5) is 0 Å². The zero-order chi connectivity index (χ0) is 42.2. The second kappa shape index (κ2) is 19.6. The Morgan fingerprint density at radius 2 is 1.69 bits per heavy atom. The molecular formula is C44H60N4O9S. The zero-order valence-electron chi connectivity index (χ0n) is 34.6. The van der Waals surface area contributed by atoms with Gasteiger partial charge in [0.15, 0.2) is 27.2 Å². The molecule has 1 saturated heterocycles. The highest BCUT2D eigenvalue weighted by Gasteiger charge is 2.47. The van der Waals surface area contributed by atoms with Crippen molar-refractivity contribution in [2.24, 2.45) is 29.1 Å². The molecule has 0 radical (unpaired) electrons. The summed E-state index contributed by atoms with van der Waals surface area (Å²) in [4.78, 5) is 93.1. The smallest absolute Gasteiger partial charge is 0.272 e. The van der Waals surface area contributed by atoms with Crippen molar-refractivity contribution in [1.29, 1.82) is 0 Å². The van der Waals surface area contributed by atoms with Crippen LogP contribution in [0.25, 0.3) is 0 Å². The summed E-state index contributed by atoms with van der Waals surface area (Å²) in [6.45, 7) is 8.99. The monoisotopic (exact) mass is 820 g/mol. The molecule has 3 fully saturated rings. The minimum Gasteiger partial charge on any atom is -0.488 e. The Labute approximate surface area is 342 Å². The Morgan fingerprint density at radius 1 is 0.966 bits per heavy atom. The zero-order valence-corrected chi connectivity index (χ0v) is 35.4. The summed E-state index contributed by atoms with van der Waals surface area (Å²) in [5, 5.41) is 2.93. The number of carbonyl (C=O) groups excluding carboxylic acids is 6. The fraction of sp³-hybridized carbons (Fsp3) is 0.636. The van der Waals surface area contributed by atoms with Gasteiger partial charge in [-0.1, -0.05) is 66.4 Å². The maximum Gasteiger partial charge on any atom is 0.272 e. The van der Waals surface area contributed by atoms with E-state index in [0.29, 0.717) is 12.8 Å². The van der Waals surface area contributed by atoms with Gasteiger partial charge in [-0.05, 0) is 67.6 Å². The Balaban J connectivity index is 1.43. The summed E-state index contributed by atoms with van der Waals surface area (Å²) in [6, 6.07) is 4.23. The van der Waals surface area contributed by atoms with E-state index in [1.807, 2.05) is 27.7 Å². The number of likely N-dealkylation sites (tertiary alicyclic amines) is 1. The lowest BCUT2D eigenvalue weighted by molar-refractivity contribution is -0.147. The standard InChI is InChI=1S/C44H60N4O9S/c1-6-12-30(41(52)39(51)21-28-17-18-28)22-37(49)36-24-32(57-31-15-11-16-33(23-31)58(55,56)7-2)27-48(36)43(54)34(44(3,4)5)25-38(50)40(29-13-9-8-10-14-29)47-42(53)35-26-45-19-20-46-35/h11,15-16,19-20,23,26,28-30,32,34,36,40H,6-10,12-14,17-18,21-22,24-25,27H2,1-5H3,(H,47,53)/t30-,32-,34-,36+,40+/m1/s1. The first-order chi connectivity index (χ1) is 27.5. The molecule has 13 nitrogen and oxygen atoms in total. The summed E-state index contributed by atoms with van der Waals surface area (Å²) in [6.07, 6.45) is 10.4. The van der Waals surface area contributed by atoms with E-state index in [9.17, 15) is 37.2 Å². The molecule has 58 heavy (non-hydrogen) atoms. The molecule has 0 spiro atoms. The van der Waals surface area contributed by atoms with Gasteiger partial charge in [0.05, 0.1) is 35.5 Å². The predicted molar refractivity (Wildman–Crippen MR) is 217 cm³/mol. The molecule has 2 amide bonds. The van der Waals surface area contributed by atoms with Gasteiger partial charge in [-0.2, -0.15) is 0 Å². The van der Waals surface area contributed by atoms with Crippen molar-refractivity contribution in [2.75, 3.05) is 12.3 Å². The molecule has 316 valence electrons. The van der Waals surface area contributed by atoms with Gasteiger partial charge in [-0.15, -0.1) is 0 Å². The second-order valence-corrected chi connectivity index (χ2v) is 19.8. The number of sulfone groups is 1. The van der Waals surface area contributed by atoms with Crippen molar-refractivity contribution in [3.8, 4) is 5.75 Å². The third-order valence-corrected chi connectivity index (χ3v) is 13.7. The largest absolute Gasteiger partial charge is 0.488 e. The van der Waals surface area contributed by atoms with E-state index in [0.717, 1.165) is 44.9 Å². The molecule has 1 aromatic heterocycles. The highest BCUT2D eigenvalue weighted by Crippen LogP contribution is 2.37. The third-order valence-electron chi connectivity index (χ3n) is 12.0. The van der Waals surface area contributed by atoms with Crippen molar-refractivity contribution in [3.05, 3.63) is 48.5 Å². The molecule has 0 bridgehead atoms. The first-order valence-corrected chi connectivity index (χ1v) is 22.7. The molecule has 1 aromatic carbocycles. The number of ketones is 4. The predicted octanol–water partition coefficient (Wildman–Crippen LogP) is 5.93. The van der Waals surface area contributed by atoms with Crippen molar-refractivity contribution < 1.29 is 41.9 Å². The number of amides is 2. The fourth-order valence-electron chi connectivity index (χ4n) is 8.35. The molecular weight excluding hydrogens is 761 g/mol. The number of Topliss-reactive ketones (excluding diaryl/α,β-unsaturated/α-hetero) is 4. The van der Waals surface area contributed by atoms with E-state index in [1.54, 1.807) is 19.1 Å². The minimum absolute atomic E-state index is 0.0246. The summed E-state index contributed by atoms with van der Waals surface area (Å²) < 4.78 is 31.6. The summed E-state index contributed by atoms with van der Waals surface area (Å²) in [7, 11) is -3.54. The lowest BCUT2D eigenvalue weighted by Gasteiger charge is -2.36. The van der Waals surface area contributed by atoms with Crippen LogP contribution in [0.5, 0.6) is 5.75 Å². The van der Waals surface area contributed by atoms with E-state index >= 15 is 0 Å². The first-order valence-electron chi connectivity index (χ1n) is 21.0. The summed E-state index contributed by atoms with van der Waals surface area (Å²) in [5.74, 6) is -4.08. The quantitative estimate of drug-likeness (QED) is 0.156. The molecule has 1 aliphatic heterocycles. The van der Waals surface area contributed by atoms with Crippen LogP contribution in [0.15, 0.2) is 47.8 Å². The number of nitrogens with one attached hydrogen (secondary N) is 1. The Morgan fingerprint density at radius 3 is 2.31 bits per heavy atom. The highest BCUT2D eigenvalue weighted by molar-refractivity contribution is 7.91. The second-order valence-electron chi connectivity index (χ2n) is 17.5. The maximum atomic E-state index is 14.9. The Kier molecular flexibility index (Phi) is 15.1. The van der Waals surface area contributed by atoms with Crippen molar-refractivity contribution in [1.82, 2.24) is 20.2 Å². The van der Waals surface area contributed by atoms with E-state index in [1.165, 1.54) is 35.6 Å². The molecule has 5 atom stereocenters. The summed E-state index contributed by atoms with van der Waals surface area (Å²) >= 11 is 0. The minimum atomic E-state index is -3.54. The van der Waals surface area contributed by atoms with E-state index in [4.69, 9.17) is 4.74 Å². The van der Waals surface area contributed by atoms with Gasteiger partial charge in [-0.3, -0.25) is 33.8 Å². The first kappa shape index (κ1) is 44.8. The number of nitrogens with zero attached hydrogens (tertiary/aromatic N) is 3. The molecule has 14 heteroatoms. The third kappa shape index (κ3) is 11.7. The molecule has 2 saturated carbocycles. The van der Waals surface area contributed by atoms with Crippen molar-refractivity contribution in [2.45, 2.75) is 141 Å². The highest BCUT2D eigenvalue weighted by atomic mass is 32.2. The van der Waals surface area contributed by atoms with E-state index in [2.05, 4.69) is 15.3 Å². The lowest BCUT2D eigenvalue weighted by Crippen LogP contribution is -2.51. The molecule has 3 aliphatic rings. The van der Waals surface area contributed by atoms with Gasteiger partial charge >= 0.3 is 0 Å². The van der Waals surface area contributed by atoms with Crippen LogP contribution in [0.3, 0.4) is 0 Å². The van der Waals surface area contributed by atoms with Gasteiger partial charge < -0.3 is 15.0 Å². The van der Waals surface area contributed by atoms with Gasteiger partial charge in [-0.25, -0.2) is 13.4 Å².